The van der Waals surface area contributed by atoms with Crippen LogP contribution >= 0.6 is 7.14 Å². The van der Waals surface area contributed by atoms with Crippen LogP contribution < -0.4 is 10.6 Å². The monoisotopic (exact) mass is 420 g/mol. The summed E-state index contributed by atoms with van der Waals surface area (Å²) in [6, 6.07) is 37.3. The van der Waals surface area contributed by atoms with E-state index in [9.17, 15) is 0 Å². The van der Waals surface area contributed by atoms with Crippen molar-refractivity contribution in [3.8, 4) is 0 Å². The van der Waals surface area contributed by atoms with Gasteiger partial charge in [0.05, 0.1) is 0 Å². The predicted octanol–water partition coefficient (Wildman–Crippen LogP) is 6.71. The number of benzene rings is 4. The summed E-state index contributed by atoms with van der Waals surface area (Å²) in [5.41, 5.74) is 6.04. The zero-order valence-electron chi connectivity index (χ0n) is 17.7. The summed E-state index contributed by atoms with van der Waals surface area (Å²) in [6.45, 7) is 2.10. The Labute approximate surface area is 184 Å². The average Bonchev–Trinajstić information content (AvgIpc) is 2.84. The summed E-state index contributed by atoms with van der Waals surface area (Å²) in [5.74, 6) is 0. The van der Waals surface area contributed by atoms with Crippen LogP contribution in [0.2, 0.25) is 0 Å². The quantitative estimate of drug-likeness (QED) is 0.335. The SMILES string of the molecule is Cc1ccc(C2=C(P(=O)(c3ccccc3)c3ccccc3)CCc3ccccc32)cc1. The van der Waals surface area contributed by atoms with E-state index in [1.54, 1.807) is 0 Å². The van der Waals surface area contributed by atoms with Gasteiger partial charge < -0.3 is 4.57 Å². The van der Waals surface area contributed by atoms with Crippen molar-refractivity contribution in [2.75, 3.05) is 0 Å². The van der Waals surface area contributed by atoms with Crippen LogP contribution in [0.4, 0.5) is 0 Å². The Balaban J connectivity index is 1.87. The van der Waals surface area contributed by atoms with E-state index < -0.39 is 7.14 Å². The van der Waals surface area contributed by atoms with Gasteiger partial charge in [-0.25, -0.2) is 0 Å². The van der Waals surface area contributed by atoms with Crippen molar-refractivity contribution in [2.45, 2.75) is 19.8 Å². The highest BCUT2D eigenvalue weighted by Gasteiger charge is 2.36. The van der Waals surface area contributed by atoms with Gasteiger partial charge in [0.25, 0.3) is 0 Å². The zero-order chi connectivity index (χ0) is 21.3. The van der Waals surface area contributed by atoms with Crippen molar-refractivity contribution in [3.63, 3.8) is 0 Å². The fourth-order valence-corrected chi connectivity index (χ4v) is 7.71. The lowest BCUT2D eigenvalue weighted by atomic mass is 9.86. The molecule has 0 fully saturated rings. The fraction of sp³-hybridized carbons (Fsp3) is 0.103. The molecule has 2 heteroatoms. The number of hydrogen-bond acceptors (Lipinski definition) is 1. The largest absolute Gasteiger partial charge is 0.309 e. The highest BCUT2D eigenvalue weighted by molar-refractivity contribution is 7.82. The van der Waals surface area contributed by atoms with Crippen molar-refractivity contribution < 1.29 is 4.57 Å². The standard InChI is InChI=1S/C29H25OP/c1-22-16-18-24(19-17-22)29-27-15-9-8-10-23(27)20-21-28(29)31(30,25-11-4-2-5-12-25)26-13-6-3-7-14-26/h2-19H,20-21H2,1H3. The third-order valence-corrected chi connectivity index (χ3v) is 9.42. The van der Waals surface area contributed by atoms with E-state index in [-0.39, 0.29) is 0 Å². The van der Waals surface area contributed by atoms with E-state index in [4.69, 9.17) is 0 Å². The molecule has 1 nitrogen and oxygen atoms in total. The summed E-state index contributed by atoms with van der Waals surface area (Å²) in [7, 11) is -3.01. The van der Waals surface area contributed by atoms with Crippen molar-refractivity contribution >= 4 is 23.3 Å². The summed E-state index contributed by atoms with van der Waals surface area (Å²) < 4.78 is 15.2. The summed E-state index contributed by atoms with van der Waals surface area (Å²) in [5, 5.41) is 2.87. The lowest BCUT2D eigenvalue weighted by Crippen LogP contribution is -2.20. The van der Waals surface area contributed by atoms with Gasteiger partial charge in [0.2, 0.25) is 0 Å². The van der Waals surface area contributed by atoms with E-state index >= 15 is 4.57 Å². The molecule has 5 rings (SSSR count). The molecule has 0 radical (unpaired) electrons. The second kappa shape index (κ2) is 8.17. The molecule has 31 heavy (non-hydrogen) atoms. The Morgan fingerprint density at radius 2 is 1.16 bits per heavy atom. The van der Waals surface area contributed by atoms with Gasteiger partial charge in [-0.3, -0.25) is 0 Å². The average molecular weight is 420 g/mol. The van der Waals surface area contributed by atoms with Gasteiger partial charge in [0.15, 0.2) is 7.14 Å². The molecule has 0 aromatic heterocycles. The number of fused-ring (bicyclic) bond motifs is 1. The van der Waals surface area contributed by atoms with E-state index in [1.165, 1.54) is 16.7 Å². The smallest absolute Gasteiger partial charge is 0.167 e. The Morgan fingerprint density at radius 3 is 1.77 bits per heavy atom. The Morgan fingerprint density at radius 1 is 0.613 bits per heavy atom. The third-order valence-electron chi connectivity index (χ3n) is 6.17. The van der Waals surface area contributed by atoms with Gasteiger partial charge in [-0.2, -0.15) is 0 Å². The molecule has 0 atom stereocenters. The minimum Gasteiger partial charge on any atom is -0.309 e. The molecule has 0 aliphatic heterocycles. The van der Waals surface area contributed by atoms with Crippen molar-refractivity contribution in [3.05, 3.63) is 137 Å². The van der Waals surface area contributed by atoms with Crippen LogP contribution in [0.15, 0.2) is 115 Å². The van der Waals surface area contributed by atoms with Crippen LogP contribution in [0.1, 0.15) is 28.7 Å². The molecule has 0 heterocycles. The lowest BCUT2D eigenvalue weighted by molar-refractivity contribution is 0.589. The molecular formula is C29H25OP. The molecule has 0 N–H and O–H groups in total. The van der Waals surface area contributed by atoms with Gasteiger partial charge >= 0.3 is 0 Å². The van der Waals surface area contributed by atoms with E-state index in [0.717, 1.165) is 39.9 Å². The first-order valence-electron chi connectivity index (χ1n) is 10.8. The van der Waals surface area contributed by atoms with Gasteiger partial charge in [0, 0.05) is 15.9 Å². The maximum absolute atomic E-state index is 15.2. The van der Waals surface area contributed by atoms with Crippen LogP contribution in [-0.4, -0.2) is 0 Å². The number of allylic oxidation sites excluding steroid dienone is 1. The Bertz CT molecular complexity index is 1240. The molecule has 0 amide bonds. The molecule has 0 spiro atoms. The van der Waals surface area contributed by atoms with Crippen LogP contribution in [0.3, 0.4) is 0 Å². The number of hydrogen-bond donors (Lipinski definition) is 0. The number of aryl methyl sites for hydroxylation is 2. The first-order valence-corrected chi connectivity index (χ1v) is 12.5. The molecular weight excluding hydrogens is 395 g/mol. The number of rotatable bonds is 4. The van der Waals surface area contributed by atoms with Crippen molar-refractivity contribution in [1.82, 2.24) is 0 Å². The lowest BCUT2D eigenvalue weighted by Gasteiger charge is -2.30. The second-order valence-electron chi connectivity index (χ2n) is 8.13. The first kappa shape index (κ1) is 19.8. The highest BCUT2D eigenvalue weighted by atomic mass is 31.2. The summed E-state index contributed by atoms with van der Waals surface area (Å²) >= 11 is 0. The summed E-state index contributed by atoms with van der Waals surface area (Å²) in [6.07, 6.45) is 1.70. The van der Waals surface area contributed by atoms with E-state index in [1.807, 2.05) is 60.7 Å². The van der Waals surface area contributed by atoms with E-state index in [0.29, 0.717) is 0 Å². The first-order chi connectivity index (χ1) is 15.2. The minimum atomic E-state index is -3.01. The van der Waals surface area contributed by atoms with Crippen molar-refractivity contribution in [2.24, 2.45) is 0 Å². The highest BCUT2D eigenvalue weighted by Crippen LogP contribution is 2.58. The van der Waals surface area contributed by atoms with E-state index in [2.05, 4.69) is 55.5 Å². The van der Waals surface area contributed by atoms with Crippen LogP contribution in [0.25, 0.3) is 5.57 Å². The molecule has 152 valence electrons. The molecule has 0 saturated heterocycles. The molecule has 4 aromatic carbocycles. The van der Waals surface area contributed by atoms with Gasteiger partial charge in [0.1, 0.15) is 0 Å². The summed E-state index contributed by atoms with van der Waals surface area (Å²) in [4.78, 5) is 0. The second-order valence-corrected chi connectivity index (χ2v) is 10.9. The molecule has 0 saturated carbocycles. The molecule has 1 aliphatic carbocycles. The molecule has 4 aromatic rings. The Kier molecular flexibility index (Phi) is 5.22. The van der Waals surface area contributed by atoms with Crippen LogP contribution in [0.5, 0.6) is 0 Å². The van der Waals surface area contributed by atoms with Gasteiger partial charge in [-0.15, -0.1) is 0 Å². The fourth-order valence-electron chi connectivity index (χ4n) is 4.61. The maximum atomic E-state index is 15.2. The molecule has 0 unspecified atom stereocenters. The zero-order valence-corrected chi connectivity index (χ0v) is 18.6. The normalized spacial score (nSPS) is 13.7. The topological polar surface area (TPSA) is 17.1 Å². The van der Waals surface area contributed by atoms with Crippen LogP contribution in [-0.2, 0) is 11.0 Å². The van der Waals surface area contributed by atoms with Gasteiger partial charge in [-0.1, -0.05) is 115 Å². The maximum Gasteiger partial charge on any atom is 0.167 e. The predicted molar refractivity (Wildman–Crippen MR) is 132 cm³/mol. The van der Waals surface area contributed by atoms with Crippen LogP contribution in [0, 0.1) is 6.92 Å². The van der Waals surface area contributed by atoms with Crippen molar-refractivity contribution in [1.29, 1.82) is 0 Å². The molecule has 1 aliphatic rings. The molecule has 0 bridgehead atoms. The van der Waals surface area contributed by atoms with Gasteiger partial charge in [-0.05, 0) is 42.0 Å². The third kappa shape index (κ3) is 3.50. The Hall–Kier alpha value is -3.15. The minimum absolute atomic E-state index is 0.793.